The summed E-state index contributed by atoms with van der Waals surface area (Å²) in [5, 5.41) is 10.0. The van der Waals surface area contributed by atoms with E-state index in [4.69, 9.17) is 33.7 Å². The van der Waals surface area contributed by atoms with Gasteiger partial charge in [0.05, 0.1) is 19.2 Å². The summed E-state index contributed by atoms with van der Waals surface area (Å²) in [4.78, 5) is 11.2. The smallest absolute Gasteiger partial charge is 0.322 e. The first-order chi connectivity index (χ1) is 8.42. The zero-order chi connectivity index (χ0) is 13.9. The van der Waals surface area contributed by atoms with E-state index in [1.165, 1.54) is 20.3 Å². The maximum absolute atomic E-state index is 11.2. The van der Waals surface area contributed by atoms with Gasteiger partial charge in [-0.15, -0.1) is 0 Å². The van der Waals surface area contributed by atoms with E-state index in [0.717, 1.165) is 0 Å². The Balaban J connectivity index is 3.10. The quantitative estimate of drug-likeness (QED) is 0.827. The molecule has 0 aromatic heterocycles. The molecule has 7 heteroatoms. The molecule has 1 aromatic rings. The number of ether oxygens (including phenoxy) is 2. The van der Waals surface area contributed by atoms with Crippen molar-refractivity contribution in [3.8, 4) is 11.5 Å². The van der Waals surface area contributed by atoms with Gasteiger partial charge in [0.25, 0.3) is 0 Å². The Hall–Kier alpha value is -1.17. The summed E-state index contributed by atoms with van der Waals surface area (Å²) in [5.41, 5.74) is 5.98. The lowest BCUT2D eigenvalue weighted by Crippen LogP contribution is -2.33. The molecule has 1 atom stereocenters. The molecular formula is C11H13Cl2NO4. The van der Waals surface area contributed by atoms with Crippen LogP contribution in [0.1, 0.15) is 5.56 Å². The fourth-order valence-corrected chi connectivity index (χ4v) is 2.02. The lowest BCUT2D eigenvalue weighted by molar-refractivity contribution is -0.142. The Morgan fingerprint density at radius 2 is 2.11 bits per heavy atom. The largest absolute Gasteiger partial charge is 0.503 e. The van der Waals surface area contributed by atoms with Crippen molar-refractivity contribution in [2.45, 2.75) is 12.5 Å². The fraction of sp³-hybridized carbons (Fsp3) is 0.364. The van der Waals surface area contributed by atoms with Crippen LogP contribution < -0.4 is 10.5 Å². The molecule has 0 saturated heterocycles. The minimum atomic E-state index is -0.905. The molecule has 0 aliphatic rings. The number of carbonyl (C=O) groups is 1. The predicted octanol–water partition coefficient (Wildman–Crippen LogP) is 1.75. The molecule has 3 N–H and O–H groups in total. The number of aromatic hydroxyl groups is 1. The van der Waals surface area contributed by atoms with Crippen LogP contribution in [0.4, 0.5) is 0 Å². The monoisotopic (exact) mass is 293 g/mol. The van der Waals surface area contributed by atoms with Gasteiger partial charge < -0.3 is 20.3 Å². The van der Waals surface area contributed by atoms with E-state index in [0.29, 0.717) is 5.56 Å². The number of rotatable bonds is 4. The van der Waals surface area contributed by atoms with Gasteiger partial charge in [0.1, 0.15) is 6.04 Å². The molecular weight excluding hydrogens is 281 g/mol. The number of hydrogen-bond donors (Lipinski definition) is 2. The summed E-state index contributed by atoms with van der Waals surface area (Å²) in [7, 11) is 2.61. The highest BCUT2D eigenvalue weighted by atomic mass is 35.5. The molecule has 5 nitrogen and oxygen atoms in total. The Morgan fingerprint density at radius 1 is 1.50 bits per heavy atom. The maximum Gasteiger partial charge on any atom is 0.322 e. The zero-order valence-corrected chi connectivity index (χ0v) is 11.4. The van der Waals surface area contributed by atoms with Gasteiger partial charge in [0, 0.05) is 17.5 Å². The van der Waals surface area contributed by atoms with Crippen LogP contribution in [0.3, 0.4) is 0 Å². The van der Waals surface area contributed by atoms with Crippen LogP contribution in [0.15, 0.2) is 6.07 Å². The molecule has 0 unspecified atom stereocenters. The topological polar surface area (TPSA) is 81.8 Å². The van der Waals surface area contributed by atoms with E-state index >= 15 is 0 Å². The van der Waals surface area contributed by atoms with E-state index < -0.39 is 12.0 Å². The molecule has 100 valence electrons. The number of esters is 1. The lowest BCUT2D eigenvalue weighted by Gasteiger charge is -2.14. The lowest BCUT2D eigenvalue weighted by atomic mass is 10.1. The highest BCUT2D eigenvalue weighted by molar-refractivity contribution is 6.37. The third kappa shape index (κ3) is 2.98. The maximum atomic E-state index is 11.2. The number of carbonyl (C=O) groups excluding carboxylic acids is 1. The number of halogens is 2. The van der Waals surface area contributed by atoms with Crippen molar-refractivity contribution in [2.24, 2.45) is 5.73 Å². The average molecular weight is 294 g/mol. The highest BCUT2D eigenvalue weighted by Gasteiger charge is 2.21. The van der Waals surface area contributed by atoms with Crippen molar-refractivity contribution in [3.05, 3.63) is 21.7 Å². The Labute approximate surface area is 114 Å². The molecule has 0 spiro atoms. The fourth-order valence-electron chi connectivity index (χ4n) is 1.42. The van der Waals surface area contributed by atoms with E-state index in [1.807, 2.05) is 0 Å². The first-order valence-corrected chi connectivity index (χ1v) is 5.75. The zero-order valence-electron chi connectivity index (χ0n) is 9.87. The van der Waals surface area contributed by atoms with Crippen LogP contribution in [0.5, 0.6) is 11.5 Å². The third-order valence-electron chi connectivity index (χ3n) is 2.40. The summed E-state index contributed by atoms with van der Waals surface area (Å²) >= 11 is 11.9. The number of methoxy groups -OCH3 is 2. The second-order valence-corrected chi connectivity index (χ2v) is 4.32. The van der Waals surface area contributed by atoms with Crippen molar-refractivity contribution in [1.82, 2.24) is 0 Å². The first kappa shape index (κ1) is 14.9. The van der Waals surface area contributed by atoms with Gasteiger partial charge >= 0.3 is 5.97 Å². The Kier molecular flexibility index (Phi) is 5.07. The van der Waals surface area contributed by atoms with E-state index in [-0.39, 0.29) is 28.0 Å². The second kappa shape index (κ2) is 6.13. The molecule has 18 heavy (non-hydrogen) atoms. The minimum absolute atomic E-state index is 0.0127. The van der Waals surface area contributed by atoms with Gasteiger partial charge in [-0.3, -0.25) is 4.79 Å². The van der Waals surface area contributed by atoms with Crippen LogP contribution >= 0.6 is 23.2 Å². The SMILES string of the molecule is COC(=O)[C@@H](N)Cc1c(Cl)cc(OC)c(O)c1Cl. The Bertz CT molecular complexity index is 465. The first-order valence-electron chi connectivity index (χ1n) is 4.99. The predicted molar refractivity (Wildman–Crippen MR) is 68.4 cm³/mol. The molecule has 0 saturated carbocycles. The Morgan fingerprint density at radius 3 is 2.61 bits per heavy atom. The van der Waals surface area contributed by atoms with Gasteiger partial charge in [-0.1, -0.05) is 23.2 Å². The van der Waals surface area contributed by atoms with Crippen LogP contribution in [0.25, 0.3) is 0 Å². The molecule has 0 aliphatic heterocycles. The molecule has 0 radical (unpaired) electrons. The van der Waals surface area contributed by atoms with Crippen LogP contribution in [-0.4, -0.2) is 31.3 Å². The van der Waals surface area contributed by atoms with Crippen molar-refractivity contribution < 1.29 is 19.4 Å². The van der Waals surface area contributed by atoms with Gasteiger partial charge in [-0.05, 0) is 5.56 Å². The number of phenolic OH excluding ortho intramolecular Hbond substituents is 1. The van der Waals surface area contributed by atoms with Gasteiger partial charge in [-0.2, -0.15) is 0 Å². The summed E-state index contributed by atoms with van der Waals surface area (Å²) in [5.74, 6) is -0.673. The summed E-state index contributed by atoms with van der Waals surface area (Å²) < 4.78 is 9.40. The van der Waals surface area contributed by atoms with Gasteiger partial charge in [-0.25, -0.2) is 0 Å². The van der Waals surface area contributed by atoms with Crippen molar-refractivity contribution in [1.29, 1.82) is 0 Å². The third-order valence-corrected chi connectivity index (χ3v) is 3.14. The van der Waals surface area contributed by atoms with Crippen LogP contribution in [-0.2, 0) is 16.0 Å². The summed E-state index contributed by atoms with van der Waals surface area (Å²) in [6.45, 7) is 0. The standard InChI is InChI=1S/C11H13Cl2NO4/c1-17-8-4-6(12)5(9(13)10(8)15)3-7(14)11(16)18-2/h4,7,15H,3,14H2,1-2H3/t7-/m0/s1. The second-order valence-electron chi connectivity index (χ2n) is 3.54. The highest BCUT2D eigenvalue weighted by Crippen LogP contribution is 2.41. The van der Waals surface area contributed by atoms with Crippen LogP contribution in [0.2, 0.25) is 10.0 Å². The van der Waals surface area contributed by atoms with Crippen molar-refractivity contribution in [2.75, 3.05) is 14.2 Å². The minimum Gasteiger partial charge on any atom is -0.503 e. The molecule has 0 fully saturated rings. The average Bonchev–Trinajstić information content (AvgIpc) is 2.37. The molecule has 1 rings (SSSR count). The number of nitrogens with two attached hydrogens (primary N) is 1. The van der Waals surface area contributed by atoms with Gasteiger partial charge in [0.15, 0.2) is 11.5 Å². The molecule has 1 aromatic carbocycles. The normalized spacial score (nSPS) is 12.1. The van der Waals surface area contributed by atoms with Crippen molar-refractivity contribution >= 4 is 29.2 Å². The molecule has 0 heterocycles. The number of benzene rings is 1. The molecule has 0 aliphatic carbocycles. The molecule has 0 amide bonds. The van der Waals surface area contributed by atoms with E-state index in [1.54, 1.807) is 0 Å². The summed E-state index contributed by atoms with van der Waals surface area (Å²) in [6, 6.07) is 0.500. The van der Waals surface area contributed by atoms with Crippen molar-refractivity contribution in [3.63, 3.8) is 0 Å². The van der Waals surface area contributed by atoms with Gasteiger partial charge in [0.2, 0.25) is 0 Å². The number of phenols is 1. The van der Waals surface area contributed by atoms with E-state index in [2.05, 4.69) is 4.74 Å². The van der Waals surface area contributed by atoms with Crippen LogP contribution in [0, 0.1) is 0 Å². The summed E-state index contributed by atoms with van der Waals surface area (Å²) in [6.07, 6.45) is 0.0574. The van der Waals surface area contributed by atoms with E-state index in [9.17, 15) is 9.90 Å². The molecule has 0 bridgehead atoms. The number of hydrogen-bond acceptors (Lipinski definition) is 5.